The number of rotatable bonds is 12. The van der Waals surface area contributed by atoms with Crippen LogP contribution in [-0.4, -0.2) is 66.1 Å². The molecule has 0 saturated carbocycles. The summed E-state index contributed by atoms with van der Waals surface area (Å²) in [6.45, 7) is 11.5. The van der Waals surface area contributed by atoms with E-state index in [1.165, 1.54) is 12.1 Å². The number of allylic oxidation sites excluding steroid dienone is 6. The molecule has 3 aromatic carbocycles. The van der Waals surface area contributed by atoms with Crippen LogP contribution in [-0.2, 0) is 42.3 Å². The first-order chi connectivity index (χ1) is 22.9. The molecule has 3 aromatic rings. The number of aryl methyl sites for hydroxylation is 1. The van der Waals surface area contributed by atoms with E-state index in [1.54, 1.807) is 6.07 Å². The molecule has 0 atom stereocenters. The van der Waals surface area contributed by atoms with Gasteiger partial charge in [0.1, 0.15) is 16.7 Å². The fraction of sp³-hybridized carbons (Fsp3) is 0.351. The van der Waals surface area contributed by atoms with Gasteiger partial charge in [-0.05, 0) is 79.4 Å². The molecular formula is C37H41N2NaO8S2. The Hall–Kier alpha value is -3.10. The van der Waals surface area contributed by atoms with Crippen molar-refractivity contribution in [3.8, 4) is 0 Å². The first-order valence-electron chi connectivity index (χ1n) is 16.2. The molecule has 0 unspecified atom stereocenters. The molecule has 2 heterocycles. The Morgan fingerprint density at radius 2 is 1.66 bits per heavy atom. The molecule has 0 radical (unpaired) electrons. The maximum Gasteiger partial charge on any atom is 1.00 e. The molecule has 50 heavy (non-hydrogen) atoms. The van der Waals surface area contributed by atoms with Gasteiger partial charge in [0.05, 0.1) is 20.4 Å². The monoisotopic (exact) mass is 728 g/mol. The molecule has 1 N–H and O–H groups in total. The van der Waals surface area contributed by atoms with Crippen molar-refractivity contribution in [1.82, 2.24) is 0 Å². The fourth-order valence-corrected chi connectivity index (χ4v) is 8.18. The van der Waals surface area contributed by atoms with Gasteiger partial charge in [0, 0.05) is 59.6 Å². The zero-order valence-electron chi connectivity index (χ0n) is 29.3. The van der Waals surface area contributed by atoms with Crippen molar-refractivity contribution in [2.24, 2.45) is 0 Å². The smallest absolute Gasteiger partial charge is 0.748 e. The number of anilines is 1. The van der Waals surface area contributed by atoms with Crippen LogP contribution in [0.15, 0.2) is 89.5 Å². The number of hydrogen-bond acceptors (Lipinski definition) is 8. The second-order valence-corrected chi connectivity index (χ2v) is 16.4. The van der Waals surface area contributed by atoms with Gasteiger partial charge >= 0.3 is 35.5 Å². The summed E-state index contributed by atoms with van der Waals surface area (Å²) >= 11 is 0. The molecule has 5 rings (SSSR count). The number of fused-ring (bicyclic) bond motifs is 4. The number of carboxylic acid groups (broad SMARTS) is 1. The minimum absolute atomic E-state index is 0. The van der Waals surface area contributed by atoms with E-state index in [0.29, 0.717) is 24.9 Å². The first kappa shape index (κ1) is 39.7. The quantitative estimate of drug-likeness (QED) is 0.128. The average molecular weight is 729 g/mol. The summed E-state index contributed by atoms with van der Waals surface area (Å²) < 4.78 is 71.1. The van der Waals surface area contributed by atoms with Gasteiger partial charge < -0.3 is 19.1 Å². The Kier molecular flexibility index (Phi) is 11.8. The molecule has 0 bridgehead atoms. The van der Waals surface area contributed by atoms with Crippen LogP contribution in [0, 0.1) is 0 Å². The van der Waals surface area contributed by atoms with E-state index in [0.717, 1.165) is 44.9 Å². The summed E-state index contributed by atoms with van der Waals surface area (Å²) in [7, 11) is -8.95. The van der Waals surface area contributed by atoms with Crippen molar-refractivity contribution in [2.75, 3.05) is 23.7 Å². The topological polar surface area (TPSA) is 158 Å². The predicted molar refractivity (Wildman–Crippen MR) is 189 cm³/mol. The van der Waals surface area contributed by atoms with Crippen LogP contribution in [0.1, 0.15) is 64.2 Å². The summed E-state index contributed by atoms with van der Waals surface area (Å²) in [5.74, 6) is -1.34. The normalized spacial score (nSPS) is 17.6. The van der Waals surface area contributed by atoms with Crippen molar-refractivity contribution in [3.63, 3.8) is 0 Å². The number of likely N-dealkylation sites (N-methyl/N-ethyl adjacent to an activating group) is 1. The van der Waals surface area contributed by atoms with Crippen molar-refractivity contribution in [3.05, 3.63) is 101 Å². The second kappa shape index (κ2) is 14.9. The molecule has 0 aliphatic carbocycles. The van der Waals surface area contributed by atoms with E-state index in [-0.39, 0.29) is 47.3 Å². The largest absolute Gasteiger partial charge is 1.00 e. The molecular weight excluding hydrogens is 688 g/mol. The van der Waals surface area contributed by atoms with Crippen molar-refractivity contribution < 1.29 is 70.0 Å². The zero-order valence-corrected chi connectivity index (χ0v) is 32.9. The summed E-state index contributed by atoms with van der Waals surface area (Å²) in [5, 5.41) is 10.7. The van der Waals surface area contributed by atoms with E-state index in [1.807, 2.05) is 59.2 Å². The summed E-state index contributed by atoms with van der Waals surface area (Å²) in [6.07, 6.45) is 10.4. The second-order valence-electron chi connectivity index (χ2n) is 13.5. The third kappa shape index (κ3) is 8.02. The van der Waals surface area contributed by atoms with Crippen LogP contribution in [0.5, 0.6) is 0 Å². The van der Waals surface area contributed by atoms with E-state index in [4.69, 9.17) is 5.11 Å². The van der Waals surface area contributed by atoms with Gasteiger partial charge in [-0.1, -0.05) is 50.3 Å². The van der Waals surface area contributed by atoms with Gasteiger partial charge in [-0.3, -0.25) is 4.79 Å². The average Bonchev–Trinajstić information content (AvgIpc) is 3.36. The minimum Gasteiger partial charge on any atom is -0.748 e. The Bertz CT molecular complexity index is 2180. The minimum atomic E-state index is -4.58. The van der Waals surface area contributed by atoms with Crippen LogP contribution in [0.4, 0.5) is 11.4 Å². The van der Waals surface area contributed by atoms with E-state index >= 15 is 0 Å². The SMILES string of the molecule is CCN1C(=CC=CC=CC2=[N+](CCCS(=O)(=O)[O-])c3ccc(CCC(=O)O)cc3C2(C)C)C(C)(C)c2c1ccc1cc(S(=O)(=O)[O-])ccc21.[Na+]. The van der Waals surface area contributed by atoms with Crippen LogP contribution in [0.3, 0.4) is 0 Å². The molecule has 10 nitrogen and oxygen atoms in total. The fourth-order valence-electron chi connectivity index (χ4n) is 7.20. The molecule has 2 aliphatic heterocycles. The number of carbonyl (C=O) groups is 1. The maximum atomic E-state index is 11.7. The first-order valence-corrected chi connectivity index (χ1v) is 19.1. The van der Waals surface area contributed by atoms with Crippen LogP contribution < -0.4 is 34.5 Å². The molecule has 260 valence electrons. The molecule has 2 aliphatic rings. The summed E-state index contributed by atoms with van der Waals surface area (Å²) in [6, 6.07) is 14.1. The molecule has 0 aromatic heterocycles. The Balaban J connectivity index is 0.00000562. The Morgan fingerprint density at radius 1 is 0.940 bits per heavy atom. The van der Waals surface area contributed by atoms with Crippen molar-refractivity contribution in [2.45, 2.75) is 69.6 Å². The van der Waals surface area contributed by atoms with E-state index < -0.39 is 42.8 Å². The van der Waals surface area contributed by atoms with Gasteiger partial charge in [-0.25, -0.2) is 16.8 Å². The standard InChI is InChI=1S/C37H42N2O8S2.Na/c1-6-38-31-19-15-26-24-27(49(45,46)47)16-17-28(26)35(31)37(4,5)33(38)12-9-7-8-11-32-36(2,3)29-23-25(14-20-34(40)41)13-18-30(29)39(32)21-10-22-48(42,43)44;/h7-9,11-13,15-19,23-24H,6,10,14,20-22H2,1-5H3,(H2-,40,41,42,43,44,45,46,47);/q;+1/p-1. The zero-order chi connectivity index (χ0) is 35.9. The van der Waals surface area contributed by atoms with Gasteiger partial charge in [-0.2, -0.15) is 4.58 Å². The molecule has 13 heteroatoms. The number of carboxylic acids is 1. The van der Waals surface area contributed by atoms with E-state index in [2.05, 4.69) is 45.6 Å². The third-order valence-corrected chi connectivity index (χ3v) is 11.1. The molecule has 0 saturated heterocycles. The third-order valence-electron chi connectivity index (χ3n) is 9.51. The molecule has 0 amide bonds. The summed E-state index contributed by atoms with van der Waals surface area (Å²) in [4.78, 5) is 13.1. The molecule has 0 spiro atoms. The summed E-state index contributed by atoms with van der Waals surface area (Å²) in [5.41, 5.74) is 5.94. The van der Waals surface area contributed by atoms with Crippen molar-refractivity contribution >= 4 is 54.1 Å². The Morgan fingerprint density at radius 3 is 2.30 bits per heavy atom. The predicted octanol–water partition coefficient (Wildman–Crippen LogP) is 2.89. The van der Waals surface area contributed by atoms with Gasteiger partial charge in [0.15, 0.2) is 5.71 Å². The van der Waals surface area contributed by atoms with Crippen LogP contribution in [0.25, 0.3) is 10.8 Å². The number of benzene rings is 3. The number of aliphatic carboxylic acids is 1. The van der Waals surface area contributed by atoms with Gasteiger partial charge in [0.25, 0.3) is 0 Å². The van der Waals surface area contributed by atoms with Crippen LogP contribution in [0.2, 0.25) is 0 Å². The number of hydrogen-bond donors (Lipinski definition) is 1. The maximum absolute atomic E-state index is 11.7. The van der Waals surface area contributed by atoms with Crippen LogP contribution >= 0.6 is 0 Å². The van der Waals surface area contributed by atoms with Crippen molar-refractivity contribution in [1.29, 1.82) is 0 Å². The van der Waals surface area contributed by atoms with Gasteiger partial charge in [-0.15, -0.1) is 0 Å². The van der Waals surface area contributed by atoms with E-state index in [9.17, 15) is 30.7 Å². The molecule has 0 fully saturated rings. The van der Waals surface area contributed by atoms with Gasteiger partial charge in [0.2, 0.25) is 5.69 Å². The number of nitrogens with zero attached hydrogens (tertiary/aromatic N) is 2. The Labute approximate surface area is 316 Å².